The van der Waals surface area contributed by atoms with Crippen LogP contribution in [0, 0.1) is 0 Å². The van der Waals surface area contributed by atoms with E-state index in [2.05, 4.69) is 13.1 Å². The second-order valence-corrected chi connectivity index (χ2v) is 7.54. The van der Waals surface area contributed by atoms with Crippen LogP contribution >= 0.6 is 12.2 Å². The highest BCUT2D eigenvalue weighted by Gasteiger charge is 2.19. The molecule has 0 atom stereocenters. The Hall–Kier alpha value is 0.267. The molecule has 0 aromatic rings. The maximum absolute atomic E-state index is 5.60. The molecule has 0 amide bonds. The first kappa shape index (κ1) is 10.3. The summed E-state index contributed by atoms with van der Waals surface area (Å²) in [6.45, 7) is 7.35. The summed E-state index contributed by atoms with van der Waals surface area (Å²) < 4.78 is 5.60. The molecule has 0 aliphatic carbocycles. The summed E-state index contributed by atoms with van der Waals surface area (Å²) >= 11 is 4.75. The average molecular weight is 176 g/mol. The van der Waals surface area contributed by atoms with Gasteiger partial charge in [0.25, 0.3) is 0 Å². The van der Waals surface area contributed by atoms with Gasteiger partial charge in [0.1, 0.15) is 0 Å². The fraction of sp³-hybridized carbons (Fsp3) is 0.857. The number of thiocarbonyl (C=S) groups is 1. The minimum atomic E-state index is -1.32. The van der Waals surface area contributed by atoms with E-state index in [1.807, 2.05) is 6.92 Å². The predicted octanol–water partition coefficient (Wildman–Crippen LogP) is 2.62. The first-order valence-corrected chi connectivity index (χ1v) is 7.28. The third-order valence-electron chi connectivity index (χ3n) is 1.40. The summed E-state index contributed by atoms with van der Waals surface area (Å²) in [5, 5.41) is 1.80. The molecule has 0 radical (unpaired) electrons. The maximum Gasteiger partial charge on any atom is 0.187 e. The lowest BCUT2D eigenvalue weighted by Crippen LogP contribution is -2.29. The van der Waals surface area contributed by atoms with E-state index in [1.54, 1.807) is 5.37 Å². The largest absolute Gasteiger partial charge is 0.418 e. The van der Waals surface area contributed by atoms with Gasteiger partial charge in [0, 0.05) is 6.61 Å². The van der Waals surface area contributed by atoms with Crippen LogP contribution in [0.3, 0.4) is 0 Å². The Labute approximate surface area is 69.9 Å². The van der Waals surface area contributed by atoms with Crippen LogP contribution in [0.15, 0.2) is 0 Å². The van der Waals surface area contributed by atoms with Crippen LogP contribution in [-0.2, 0) is 4.43 Å². The first-order chi connectivity index (χ1) is 4.62. The summed E-state index contributed by atoms with van der Waals surface area (Å²) in [5.74, 6) is 0. The molecule has 0 aliphatic heterocycles. The Kier molecular flexibility index (Phi) is 5.12. The molecule has 0 saturated carbocycles. The van der Waals surface area contributed by atoms with E-state index in [-0.39, 0.29) is 0 Å². The van der Waals surface area contributed by atoms with Crippen molar-refractivity contribution in [1.29, 1.82) is 0 Å². The second-order valence-electron chi connectivity index (χ2n) is 2.90. The van der Waals surface area contributed by atoms with Gasteiger partial charge in [0.05, 0.1) is 0 Å². The quantitative estimate of drug-likeness (QED) is 0.470. The fourth-order valence-corrected chi connectivity index (χ4v) is 2.96. The lowest BCUT2D eigenvalue weighted by atomic mass is 10.6. The van der Waals surface area contributed by atoms with Gasteiger partial charge in [-0.3, -0.25) is 0 Å². The molecule has 60 valence electrons. The van der Waals surface area contributed by atoms with E-state index in [0.717, 1.165) is 19.1 Å². The van der Waals surface area contributed by atoms with Gasteiger partial charge in [0.15, 0.2) is 8.32 Å². The summed E-state index contributed by atoms with van der Waals surface area (Å²) in [5.41, 5.74) is 0. The zero-order valence-corrected chi connectivity index (χ0v) is 8.83. The van der Waals surface area contributed by atoms with Crippen molar-refractivity contribution in [1.82, 2.24) is 0 Å². The molecule has 3 heteroatoms. The summed E-state index contributed by atoms with van der Waals surface area (Å²) in [6, 6.07) is 1.16. The van der Waals surface area contributed by atoms with Crippen molar-refractivity contribution in [3.05, 3.63) is 0 Å². The van der Waals surface area contributed by atoms with Crippen molar-refractivity contribution in [2.45, 2.75) is 32.5 Å². The molecule has 0 aromatic carbocycles. The van der Waals surface area contributed by atoms with Gasteiger partial charge in [-0.2, -0.15) is 0 Å². The van der Waals surface area contributed by atoms with Crippen molar-refractivity contribution in [3.63, 3.8) is 0 Å². The van der Waals surface area contributed by atoms with E-state index in [1.165, 1.54) is 0 Å². The van der Waals surface area contributed by atoms with Crippen molar-refractivity contribution < 1.29 is 4.43 Å². The Morgan fingerprint density at radius 3 is 2.50 bits per heavy atom. The topological polar surface area (TPSA) is 9.23 Å². The molecule has 0 aliphatic rings. The Morgan fingerprint density at radius 2 is 2.10 bits per heavy atom. The predicted molar refractivity (Wildman–Crippen MR) is 52.2 cm³/mol. The van der Waals surface area contributed by atoms with Crippen LogP contribution in [0.5, 0.6) is 0 Å². The van der Waals surface area contributed by atoms with E-state index >= 15 is 0 Å². The molecule has 0 unspecified atom stereocenters. The zero-order chi connectivity index (χ0) is 8.04. The third kappa shape index (κ3) is 5.08. The van der Waals surface area contributed by atoms with Gasteiger partial charge in [-0.05, 0) is 37.9 Å². The number of hydrogen-bond donors (Lipinski definition) is 0. The molecular weight excluding hydrogens is 160 g/mol. The van der Waals surface area contributed by atoms with Gasteiger partial charge < -0.3 is 4.43 Å². The molecule has 1 nitrogen and oxygen atoms in total. The van der Waals surface area contributed by atoms with Crippen LogP contribution in [0.25, 0.3) is 0 Å². The zero-order valence-electron chi connectivity index (χ0n) is 7.02. The van der Waals surface area contributed by atoms with Crippen LogP contribution in [0.2, 0.25) is 19.1 Å². The Bertz CT molecular complexity index is 104. The lowest BCUT2D eigenvalue weighted by molar-refractivity contribution is 0.329. The second kappa shape index (κ2) is 4.99. The van der Waals surface area contributed by atoms with Gasteiger partial charge >= 0.3 is 0 Å². The van der Waals surface area contributed by atoms with Crippen LogP contribution in [0.4, 0.5) is 0 Å². The first-order valence-electron chi connectivity index (χ1n) is 3.70. The van der Waals surface area contributed by atoms with Crippen LogP contribution in [0.1, 0.15) is 13.3 Å². The molecule has 0 bridgehead atoms. The molecule has 0 heterocycles. The molecule has 0 N–H and O–H groups in total. The third-order valence-corrected chi connectivity index (χ3v) is 4.20. The Balaban J connectivity index is 3.51. The summed E-state index contributed by atoms with van der Waals surface area (Å²) in [6.07, 6.45) is 1.02. The van der Waals surface area contributed by atoms with Gasteiger partial charge in [-0.15, -0.1) is 0 Å². The maximum atomic E-state index is 5.60. The van der Waals surface area contributed by atoms with Gasteiger partial charge in [-0.1, -0.05) is 12.2 Å². The van der Waals surface area contributed by atoms with Crippen LogP contribution in [-0.4, -0.2) is 20.3 Å². The summed E-state index contributed by atoms with van der Waals surface area (Å²) in [7, 11) is -1.32. The van der Waals surface area contributed by atoms with Crippen molar-refractivity contribution >= 4 is 25.9 Å². The molecular formula is C7H16OSSi. The minimum absolute atomic E-state index is 0.844. The SMILES string of the molecule is CCO[Si](C)(C)CCC=S. The smallest absolute Gasteiger partial charge is 0.187 e. The molecule has 0 fully saturated rings. The standard InChI is InChI=1S/C7H16OSSi/c1-4-8-10(2,3)7-5-6-9/h6H,4-5,7H2,1-3H3. The lowest BCUT2D eigenvalue weighted by Gasteiger charge is -2.20. The van der Waals surface area contributed by atoms with Crippen molar-refractivity contribution in [3.8, 4) is 0 Å². The normalized spacial score (nSPS) is 11.5. The van der Waals surface area contributed by atoms with Crippen molar-refractivity contribution in [2.75, 3.05) is 6.61 Å². The minimum Gasteiger partial charge on any atom is -0.418 e. The van der Waals surface area contributed by atoms with E-state index in [9.17, 15) is 0 Å². The highest BCUT2D eigenvalue weighted by molar-refractivity contribution is 7.78. The van der Waals surface area contributed by atoms with Crippen LogP contribution < -0.4 is 0 Å². The van der Waals surface area contributed by atoms with E-state index < -0.39 is 8.32 Å². The highest BCUT2D eigenvalue weighted by Crippen LogP contribution is 2.11. The molecule has 10 heavy (non-hydrogen) atoms. The molecule has 0 rings (SSSR count). The number of hydrogen-bond acceptors (Lipinski definition) is 2. The van der Waals surface area contributed by atoms with Gasteiger partial charge in [-0.25, -0.2) is 0 Å². The molecule has 0 spiro atoms. The number of rotatable bonds is 5. The monoisotopic (exact) mass is 176 g/mol. The summed E-state index contributed by atoms with van der Waals surface area (Å²) in [4.78, 5) is 0. The Morgan fingerprint density at radius 1 is 1.50 bits per heavy atom. The average Bonchev–Trinajstić information content (AvgIpc) is 1.84. The van der Waals surface area contributed by atoms with Crippen molar-refractivity contribution in [2.24, 2.45) is 0 Å². The van der Waals surface area contributed by atoms with Gasteiger partial charge in [0.2, 0.25) is 0 Å². The highest BCUT2D eigenvalue weighted by atomic mass is 32.1. The van der Waals surface area contributed by atoms with E-state index in [4.69, 9.17) is 16.6 Å². The fourth-order valence-electron chi connectivity index (χ4n) is 0.869. The van der Waals surface area contributed by atoms with E-state index in [0.29, 0.717) is 0 Å². The molecule has 0 saturated heterocycles. The molecule has 0 aromatic heterocycles.